The summed E-state index contributed by atoms with van der Waals surface area (Å²) in [6, 6.07) is 4.01. The van der Waals surface area contributed by atoms with Gasteiger partial charge < -0.3 is 5.11 Å². The first-order chi connectivity index (χ1) is 8.99. The third-order valence-corrected chi connectivity index (χ3v) is 5.21. The van der Waals surface area contributed by atoms with Gasteiger partial charge >= 0.3 is 0 Å². The van der Waals surface area contributed by atoms with Crippen LogP contribution in [0, 0.1) is 12.3 Å². The van der Waals surface area contributed by atoms with Gasteiger partial charge in [0.15, 0.2) is 0 Å². The number of phenolic OH excluding ortho intramolecular Hbond substituents is 1. The Morgan fingerprint density at radius 1 is 1.32 bits per heavy atom. The number of aromatic hydroxyl groups is 1. The van der Waals surface area contributed by atoms with Crippen LogP contribution in [0.2, 0.25) is 0 Å². The van der Waals surface area contributed by atoms with Crippen molar-refractivity contribution in [3.63, 3.8) is 0 Å². The lowest BCUT2D eigenvalue weighted by Crippen LogP contribution is -2.26. The van der Waals surface area contributed by atoms with Crippen molar-refractivity contribution in [1.82, 2.24) is 4.90 Å². The van der Waals surface area contributed by atoms with E-state index in [0.29, 0.717) is 11.2 Å². The first-order valence-electron chi connectivity index (χ1n) is 7.20. The summed E-state index contributed by atoms with van der Waals surface area (Å²) in [4.78, 5) is 2.48. The molecule has 1 fully saturated rings. The lowest BCUT2D eigenvalue weighted by molar-refractivity contribution is 0.234. The van der Waals surface area contributed by atoms with Gasteiger partial charge in [-0.25, -0.2) is 0 Å². The lowest BCUT2D eigenvalue weighted by Gasteiger charge is -2.26. The topological polar surface area (TPSA) is 23.5 Å². The minimum absolute atomic E-state index is 0.452. The molecule has 1 aliphatic rings. The molecule has 1 N–H and O–H groups in total. The Morgan fingerprint density at radius 3 is 2.58 bits per heavy atom. The van der Waals surface area contributed by atoms with Crippen molar-refractivity contribution < 1.29 is 5.11 Å². The van der Waals surface area contributed by atoms with Crippen LogP contribution in [0.4, 0.5) is 0 Å². The van der Waals surface area contributed by atoms with Crippen LogP contribution in [0.15, 0.2) is 16.6 Å². The van der Waals surface area contributed by atoms with E-state index >= 15 is 0 Å². The van der Waals surface area contributed by atoms with Crippen LogP contribution in [0.1, 0.15) is 44.2 Å². The number of rotatable bonds is 4. The van der Waals surface area contributed by atoms with Crippen molar-refractivity contribution in [2.75, 3.05) is 13.1 Å². The van der Waals surface area contributed by atoms with Crippen molar-refractivity contribution in [3.8, 4) is 5.75 Å². The van der Waals surface area contributed by atoms with E-state index in [1.807, 2.05) is 19.1 Å². The van der Waals surface area contributed by atoms with E-state index in [1.165, 1.54) is 19.3 Å². The molecule has 0 aromatic heterocycles. The molecule has 19 heavy (non-hydrogen) atoms. The van der Waals surface area contributed by atoms with Crippen LogP contribution >= 0.6 is 15.9 Å². The smallest absolute Gasteiger partial charge is 0.123 e. The molecule has 0 aliphatic carbocycles. The molecular weight excluding hydrogens is 302 g/mol. The summed E-state index contributed by atoms with van der Waals surface area (Å²) < 4.78 is 1.05. The van der Waals surface area contributed by atoms with Gasteiger partial charge in [0.25, 0.3) is 0 Å². The molecule has 2 nitrogen and oxygen atoms in total. The van der Waals surface area contributed by atoms with Crippen LogP contribution in [-0.2, 0) is 6.54 Å². The zero-order chi connectivity index (χ0) is 14.0. The van der Waals surface area contributed by atoms with Gasteiger partial charge in [0.2, 0.25) is 0 Å². The minimum Gasteiger partial charge on any atom is -0.507 e. The second-order valence-corrected chi connectivity index (χ2v) is 6.81. The van der Waals surface area contributed by atoms with Gasteiger partial charge in [-0.1, -0.05) is 29.8 Å². The van der Waals surface area contributed by atoms with E-state index in [9.17, 15) is 5.11 Å². The molecule has 0 bridgehead atoms. The third kappa shape index (κ3) is 3.14. The highest BCUT2D eigenvalue weighted by atomic mass is 79.9. The van der Waals surface area contributed by atoms with E-state index in [4.69, 9.17) is 0 Å². The van der Waals surface area contributed by atoms with Crippen molar-refractivity contribution in [1.29, 1.82) is 0 Å². The maximum Gasteiger partial charge on any atom is 0.123 e. The number of hydrogen-bond acceptors (Lipinski definition) is 2. The number of phenols is 1. The molecule has 0 radical (unpaired) electrons. The zero-order valence-corrected chi connectivity index (χ0v) is 13.8. The molecular formula is C16H24BrNO. The molecule has 3 heteroatoms. The second-order valence-electron chi connectivity index (χ2n) is 5.90. The quantitative estimate of drug-likeness (QED) is 0.882. The van der Waals surface area contributed by atoms with E-state index in [0.717, 1.165) is 35.2 Å². The van der Waals surface area contributed by atoms with E-state index < -0.39 is 0 Å². The summed E-state index contributed by atoms with van der Waals surface area (Å²) in [5, 5.41) is 10.2. The first kappa shape index (κ1) is 14.9. The molecule has 1 heterocycles. The first-order valence-corrected chi connectivity index (χ1v) is 7.99. The van der Waals surface area contributed by atoms with Crippen molar-refractivity contribution in [2.24, 2.45) is 5.41 Å². The molecule has 1 aliphatic heterocycles. The monoisotopic (exact) mass is 325 g/mol. The van der Waals surface area contributed by atoms with E-state index in [2.05, 4.69) is 34.7 Å². The summed E-state index contributed by atoms with van der Waals surface area (Å²) in [7, 11) is 0. The molecule has 2 rings (SSSR count). The SMILES string of the molecule is CCC1(CC)CCN(Cc2cc(Br)cc(C)c2O)C1. The number of benzene rings is 1. The maximum atomic E-state index is 10.2. The van der Waals surface area contributed by atoms with Crippen LogP contribution < -0.4 is 0 Å². The van der Waals surface area contributed by atoms with Gasteiger partial charge in [0, 0.05) is 23.1 Å². The average molecular weight is 326 g/mol. The molecule has 1 aromatic carbocycles. The third-order valence-electron chi connectivity index (χ3n) is 4.76. The van der Waals surface area contributed by atoms with Gasteiger partial charge in [-0.05, 0) is 55.8 Å². The highest BCUT2D eigenvalue weighted by Crippen LogP contribution is 2.38. The summed E-state index contributed by atoms with van der Waals surface area (Å²) in [5.74, 6) is 0.452. The minimum atomic E-state index is 0.452. The Hall–Kier alpha value is -0.540. The summed E-state index contributed by atoms with van der Waals surface area (Å²) in [6.45, 7) is 9.71. The fourth-order valence-corrected chi connectivity index (χ4v) is 3.78. The Bertz CT molecular complexity index is 454. The molecule has 0 atom stereocenters. The predicted molar refractivity (Wildman–Crippen MR) is 83.5 cm³/mol. The molecule has 0 unspecified atom stereocenters. The number of likely N-dealkylation sites (tertiary alicyclic amines) is 1. The Morgan fingerprint density at radius 2 is 2.00 bits per heavy atom. The van der Waals surface area contributed by atoms with Crippen molar-refractivity contribution >= 4 is 15.9 Å². The van der Waals surface area contributed by atoms with Crippen LogP contribution in [0.3, 0.4) is 0 Å². The summed E-state index contributed by atoms with van der Waals surface area (Å²) >= 11 is 3.52. The Balaban J connectivity index is 2.11. The van der Waals surface area contributed by atoms with E-state index in [-0.39, 0.29) is 0 Å². The van der Waals surface area contributed by atoms with Gasteiger partial charge in [0.05, 0.1) is 0 Å². The van der Waals surface area contributed by atoms with Gasteiger partial charge in [0.1, 0.15) is 5.75 Å². The van der Waals surface area contributed by atoms with Gasteiger partial charge in [-0.2, -0.15) is 0 Å². The largest absolute Gasteiger partial charge is 0.507 e. The highest BCUT2D eigenvalue weighted by molar-refractivity contribution is 9.10. The fourth-order valence-electron chi connectivity index (χ4n) is 3.16. The fraction of sp³-hybridized carbons (Fsp3) is 0.625. The van der Waals surface area contributed by atoms with Gasteiger partial charge in [-0.15, -0.1) is 0 Å². The molecule has 0 spiro atoms. The second kappa shape index (κ2) is 5.84. The predicted octanol–water partition coefficient (Wildman–Crippen LogP) is 4.48. The zero-order valence-electron chi connectivity index (χ0n) is 12.2. The van der Waals surface area contributed by atoms with Crippen LogP contribution in [0.25, 0.3) is 0 Å². The van der Waals surface area contributed by atoms with Crippen LogP contribution in [0.5, 0.6) is 5.75 Å². The molecule has 0 amide bonds. The maximum absolute atomic E-state index is 10.2. The number of halogens is 1. The number of hydrogen-bond donors (Lipinski definition) is 1. The van der Waals surface area contributed by atoms with Crippen LogP contribution in [-0.4, -0.2) is 23.1 Å². The highest BCUT2D eigenvalue weighted by Gasteiger charge is 2.34. The Kier molecular flexibility index (Phi) is 4.57. The average Bonchev–Trinajstić information content (AvgIpc) is 2.79. The standard InChI is InChI=1S/C16H24BrNO/c1-4-16(5-2)6-7-18(11-16)10-13-9-14(17)8-12(3)15(13)19/h8-9,19H,4-7,10-11H2,1-3H3. The lowest BCUT2D eigenvalue weighted by atomic mass is 9.82. The number of aryl methyl sites for hydroxylation is 1. The Labute approximate surface area is 124 Å². The molecule has 106 valence electrons. The molecule has 1 saturated heterocycles. The normalized spacial score (nSPS) is 18.9. The molecule has 0 saturated carbocycles. The summed E-state index contributed by atoms with van der Waals surface area (Å²) in [6.07, 6.45) is 3.79. The van der Waals surface area contributed by atoms with Gasteiger partial charge in [-0.3, -0.25) is 4.90 Å². The van der Waals surface area contributed by atoms with E-state index in [1.54, 1.807) is 0 Å². The molecule has 1 aromatic rings. The number of nitrogens with zero attached hydrogens (tertiary/aromatic N) is 1. The van der Waals surface area contributed by atoms with Crippen molar-refractivity contribution in [2.45, 2.75) is 46.6 Å². The van der Waals surface area contributed by atoms with Crippen molar-refractivity contribution in [3.05, 3.63) is 27.7 Å². The summed E-state index contributed by atoms with van der Waals surface area (Å²) in [5.41, 5.74) is 2.48.